The maximum absolute atomic E-state index is 9.45. The summed E-state index contributed by atoms with van der Waals surface area (Å²) in [5.41, 5.74) is 3.18. The molecular weight excluding hydrogens is 380 g/mol. The summed E-state index contributed by atoms with van der Waals surface area (Å²) in [6.45, 7) is 3.77. The largest absolute Gasteiger partial charge is 0.455 e. The highest BCUT2D eigenvalue weighted by molar-refractivity contribution is 6.30. The monoisotopic (exact) mass is 396 g/mol. The molecule has 0 radical (unpaired) electrons. The van der Waals surface area contributed by atoms with Crippen LogP contribution in [0.3, 0.4) is 0 Å². The van der Waals surface area contributed by atoms with Gasteiger partial charge in [-0.3, -0.25) is 10.4 Å². The van der Waals surface area contributed by atoms with E-state index in [1.54, 1.807) is 42.5 Å². The fourth-order valence-corrected chi connectivity index (χ4v) is 3.03. The molecule has 1 heterocycles. The van der Waals surface area contributed by atoms with Gasteiger partial charge in [-0.25, -0.2) is 4.98 Å². The number of ether oxygens (including phenoxy) is 1. The molecule has 0 bridgehead atoms. The summed E-state index contributed by atoms with van der Waals surface area (Å²) < 4.78 is 5.96. The molecule has 1 aromatic heterocycles. The van der Waals surface area contributed by atoms with Gasteiger partial charge in [0, 0.05) is 16.8 Å². The third-order valence-electron chi connectivity index (χ3n) is 3.97. The first-order chi connectivity index (χ1) is 13.4. The number of benzene rings is 2. The van der Waals surface area contributed by atoms with Crippen molar-refractivity contribution in [2.75, 3.05) is 10.5 Å². The lowest BCUT2D eigenvalue weighted by Gasteiger charge is -2.17. The number of halogens is 1. The normalized spacial score (nSPS) is 10.3. The van der Waals surface area contributed by atoms with Gasteiger partial charge < -0.3 is 10.1 Å². The second-order valence-electron chi connectivity index (χ2n) is 6.12. The topological polar surface area (TPSA) is 102 Å². The van der Waals surface area contributed by atoms with Gasteiger partial charge >= 0.3 is 0 Å². The average molecular weight is 397 g/mol. The fourth-order valence-electron chi connectivity index (χ4n) is 2.71. The number of anilines is 3. The highest BCUT2D eigenvalue weighted by Crippen LogP contribution is 2.35. The van der Waals surface area contributed by atoms with Gasteiger partial charge in [0.2, 0.25) is 5.82 Å². The van der Waals surface area contributed by atoms with E-state index in [9.17, 15) is 10.4 Å². The standard InChI is InChI=1S/C20H17ClN4O3/c1-12-7-15(21)8-13(2)19(12)28-17-9-18(20(23-11-17)25(26)27)24-16-5-3-14(10-22)4-6-16/h3-9,11,24,26-27H,1-2H3. The van der Waals surface area contributed by atoms with Crippen molar-refractivity contribution in [1.29, 1.82) is 5.26 Å². The summed E-state index contributed by atoms with van der Waals surface area (Å²) in [5.74, 6) is 0.935. The molecule has 0 aliphatic rings. The number of hydrogen-bond donors (Lipinski definition) is 3. The fraction of sp³-hybridized carbons (Fsp3) is 0.100. The Morgan fingerprint density at radius 3 is 2.32 bits per heavy atom. The number of nitriles is 1. The maximum Gasteiger partial charge on any atom is 0.207 e. The minimum atomic E-state index is -0.110. The molecule has 3 rings (SSSR count). The number of nitrogens with zero attached hydrogens (tertiary/aromatic N) is 3. The molecule has 0 atom stereocenters. The van der Waals surface area contributed by atoms with Gasteiger partial charge in [-0.15, -0.1) is 5.23 Å². The van der Waals surface area contributed by atoms with E-state index >= 15 is 0 Å². The zero-order valence-electron chi connectivity index (χ0n) is 15.1. The molecule has 7 nitrogen and oxygen atoms in total. The van der Waals surface area contributed by atoms with Gasteiger partial charge in [-0.05, 0) is 61.4 Å². The van der Waals surface area contributed by atoms with Gasteiger partial charge in [-0.1, -0.05) is 11.6 Å². The Balaban J connectivity index is 1.94. The van der Waals surface area contributed by atoms with Crippen LogP contribution in [0.15, 0.2) is 48.7 Å². The molecule has 8 heteroatoms. The van der Waals surface area contributed by atoms with E-state index in [1.807, 2.05) is 19.9 Å². The summed E-state index contributed by atoms with van der Waals surface area (Å²) in [7, 11) is 0. The molecule has 0 aliphatic carbocycles. The first-order valence-electron chi connectivity index (χ1n) is 8.27. The summed E-state index contributed by atoms with van der Waals surface area (Å²) in [6.07, 6.45) is 1.38. The molecule has 0 fully saturated rings. The van der Waals surface area contributed by atoms with Crippen molar-refractivity contribution in [2.24, 2.45) is 0 Å². The number of hydrogen-bond acceptors (Lipinski definition) is 7. The molecule has 0 unspecified atom stereocenters. The molecule has 3 N–H and O–H groups in total. The molecule has 28 heavy (non-hydrogen) atoms. The minimum Gasteiger partial charge on any atom is -0.455 e. The van der Waals surface area contributed by atoms with Gasteiger partial charge in [-0.2, -0.15) is 5.26 Å². The molecule has 0 amide bonds. The number of rotatable bonds is 5. The summed E-state index contributed by atoms with van der Waals surface area (Å²) in [6, 6.07) is 13.9. The summed E-state index contributed by atoms with van der Waals surface area (Å²) in [5, 5.41) is 31.4. The highest BCUT2D eigenvalue weighted by atomic mass is 35.5. The predicted molar refractivity (Wildman–Crippen MR) is 106 cm³/mol. The van der Waals surface area contributed by atoms with E-state index in [2.05, 4.69) is 10.3 Å². The summed E-state index contributed by atoms with van der Waals surface area (Å²) >= 11 is 6.06. The molecule has 2 aromatic carbocycles. The molecule has 3 aromatic rings. The first-order valence-corrected chi connectivity index (χ1v) is 8.65. The van der Waals surface area contributed by atoms with Crippen LogP contribution in [0.25, 0.3) is 0 Å². The number of aryl methyl sites for hydroxylation is 2. The van der Waals surface area contributed by atoms with Crippen molar-refractivity contribution in [3.8, 4) is 17.6 Å². The van der Waals surface area contributed by atoms with Gasteiger partial charge in [0.05, 0.1) is 23.5 Å². The molecular formula is C20H17ClN4O3. The van der Waals surface area contributed by atoms with Crippen LogP contribution in [0.1, 0.15) is 16.7 Å². The SMILES string of the molecule is Cc1cc(Cl)cc(C)c1Oc1cnc(N(O)O)c(Nc2ccc(C#N)cc2)c1. The van der Waals surface area contributed by atoms with E-state index in [4.69, 9.17) is 21.6 Å². The Kier molecular flexibility index (Phi) is 5.66. The van der Waals surface area contributed by atoms with E-state index in [1.165, 1.54) is 6.20 Å². The number of nitrogens with one attached hydrogen (secondary N) is 1. The van der Waals surface area contributed by atoms with E-state index < -0.39 is 0 Å². The Labute approximate surface area is 166 Å². The molecule has 0 saturated carbocycles. The third kappa shape index (κ3) is 4.32. The Hall–Kier alpha value is -3.31. The highest BCUT2D eigenvalue weighted by Gasteiger charge is 2.14. The zero-order valence-corrected chi connectivity index (χ0v) is 15.9. The van der Waals surface area contributed by atoms with E-state index in [-0.39, 0.29) is 11.0 Å². The molecule has 0 saturated heterocycles. The maximum atomic E-state index is 9.45. The van der Waals surface area contributed by atoms with Crippen LogP contribution < -0.4 is 15.3 Å². The number of aromatic nitrogens is 1. The van der Waals surface area contributed by atoms with Crippen molar-refractivity contribution < 1.29 is 15.2 Å². The molecule has 0 spiro atoms. The Morgan fingerprint density at radius 1 is 1.11 bits per heavy atom. The van der Waals surface area contributed by atoms with Crippen LogP contribution in [0.4, 0.5) is 17.2 Å². The second kappa shape index (κ2) is 8.15. The van der Waals surface area contributed by atoms with Crippen LogP contribution in [0, 0.1) is 25.2 Å². The second-order valence-corrected chi connectivity index (χ2v) is 6.55. The van der Waals surface area contributed by atoms with Crippen molar-refractivity contribution in [2.45, 2.75) is 13.8 Å². The van der Waals surface area contributed by atoms with Crippen LogP contribution in [0.5, 0.6) is 11.5 Å². The Morgan fingerprint density at radius 2 is 1.75 bits per heavy atom. The third-order valence-corrected chi connectivity index (χ3v) is 4.19. The average Bonchev–Trinajstić information content (AvgIpc) is 2.65. The summed E-state index contributed by atoms with van der Waals surface area (Å²) in [4.78, 5) is 4.04. The zero-order chi connectivity index (χ0) is 20.3. The quantitative estimate of drug-likeness (QED) is 0.500. The lowest BCUT2D eigenvalue weighted by atomic mass is 10.1. The van der Waals surface area contributed by atoms with Crippen LogP contribution in [-0.2, 0) is 0 Å². The minimum absolute atomic E-state index is 0.0748. The van der Waals surface area contributed by atoms with Crippen LogP contribution >= 0.6 is 11.6 Å². The van der Waals surface area contributed by atoms with Gasteiger partial charge in [0.15, 0.2) is 0 Å². The van der Waals surface area contributed by atoms with Crippen molar-refractivity contribution in [1.82, 2.24) is 4.98 Å². The van der Waals surface area contributed by atoms with E-state index in [0.29, 0.717) is 33.5 Å². The van der Waals surface area contributed by atoms with Crippen molar-refractivity contribution in [3.05, 3.63) is 70.4 Å². The Bertz CT molecular complexity index is 1020. The van der Waals surface area contributed by atoms with E-state index in [0.717, 1.165) is 11.1 Å². The van der Waals surface area contributed by atoms with Crippen LogP contribution in [0.2, 0.25) is 5.02 Å². The van der Waals surface area contributed by atoms with Crippen LogP contribution in [-0.4, -0.2) is 15.4 Å². The van der Waals surface area contributed by atoms with Gasteiger partial charge in [0.25, 0.3) is 0 Å². The van der Waals surface area contributed by atoms with Crippen molar-refractivity contribution in [3.63, 3.8) is 0 Å². The predicted octanol–water partition coefficient (Wildman–Crippen LogP) is 5.34. The lowest BCUT2D eigenvalue weighted by Crippen LogP contribution is -2.14. The molecule has 0 aliphatic heterocycles. The molecule has 142 valence electrons. The lowest BCUT2D eigenvalue weighted by molar-refractivity contribution is 0.0272. The number of pyridine rings is 1. The van der Waals surface area contributed by atoms with Crippen molar-refractivity contribution >= 4 is 28.8 Å². The van der Waals surface area contributed by atoms with Gasteiger partial charge in [0.1, 0.15) is 11.5 Å². The smallest absolute Gasteiger partial charge is 0.207 e. The first kappa shape index (κ1) is 19.5.